The molecule has 29 heavy (non-hydrogen) atoms. The Hall–Kier alpha value is -3.23. The van der Waals surface area contributed by atoms with Crippen molar-refractivity contribution in [1.29, 1.82) is 0 Å². The van der Waals surface area contributed by atoms with E-state index in [-0.39, 0.29) is 18.0 Å². The molecule has 0 atom stereocenters. The Bertz CT molecular complexity index is 1040. The maximum absolute atomic E-state index is 13.1. The van der Waals surface area contributed by atoms with Crippen molar-refractivity contribution >= 4 is 21.6 Å². The monoisotopic (exact) mass is 411 g/mol. The van der Waals surface area contributed by atoms with Gasteiger partial charge in [0, 0.05) is 24.6 Å². The van der Waals surface area contributed by atoms with Gasteiger partial charge in [0.15, 0.2) is 0 Å². The van der Waals surface area contributed by atoms with Crippen LogP contribution in [0.3, 0.4) is 0 Å². The Morgan fingerprint density at radius 2 is 1.76 bits per heavy atom. The van der Waals surface area contributed by atoms with Gasteiger partial charge in [0.1, 0.15) is 10.6 Å². The Balaban J connectivity index is 1.85. The number of ether oxygens (including phenoxy) is 1. The lowest BCUT2D eigenvalue weighted by Gasteiger charge is -2.22. The zero-order valence-electron chi connectivity index (χ0n) is 15.9. The van der Waals surface area contributed by atoms with E-state index in [4.69, 9.17) is 4.74 Å². The normalized spacial score (nSPS) is 11.2. The molecular weight excluding hydrogens is 390 g/mol. The number of sulfonamides is 1. The quantitative estimate of drug-likeness (QED) is 0.616. The summed E-state index contributed by atoms with van der Waals surface area (Å²) in [5, 5.41) is 2.72. The maximum Gasteiger partial charge on any atom is 0.245 e. The van der Waals surface area contributed by atoms with Gasteiger partial charge in [-0.3, -0.25) is 9.78 Å². The fourth-order valence-electron chi connectivity index (χ4n) is 2.69. The number of para-hydroxylation sites is 1. The van der Waals surface area contributed by atoms with Gasteiger partial charge in [-0.2, -0.15) is 4.31 Å². The smallest absolute Gasteiger partial charge is 0.245 e. The molecule has 0 saturated carbocycles. The Labute approximate surface area is 170 Å². The van der Waals surface area contributed by atoms with Crippen molar-refractivity contribution in [3.63, 3.8) is 0 Å². The third-order valence-electron chi connectivity index (χ3n) is 4.17. The molecule has 0 unspecified atom stereocenters. The molecule has 0 bridgehead atoms. The van der Waals surface area contributed by atoms with E-state index in [0.717, 1.165) is 9.87 Å². The van der Waals surface area contributed by atoms with Crippen LogP contribution in [0.15, 0.2) is 84.0 Å². The van der Waals surface area contributed by atoms with Crippen LogP contribution in [0.25, 0.3) is 0 Å². The third kappa shape index (κ3) is 5.40. The van der Waals surface area contributed by atoms with Crippen LogP contribution in [-0.2, 0) is 21.4 Å². The highest BCUT2D eigenvalue weighted by Crippen LogP contribution is 2.19. The molecule has 0 fully saturated rings. The van der Waals surface area contributed by atoms with Crippen LogP contribution < -0.4 is 10.1 Å². The van der Waals surface area contributed by atoms with E-state index in [1.807, 2.05) is 6.07 Å². The summed E-state index contributed by atoms with van der Waals surface area (Å²) in [6.07, 6.45) is 2.76. The number of hydrogen-bond donors (Lipinski definition) is 1. The van der Waals surface area contributed by atoms with E-state index in [1.54, 1.807) is 61.7 Å². The molecule has 3 aromatic rings. The molecule has 0 aliphatic rings. The number of benzene rings is 2. The first-order valence-corrected chi connectivity index (χ1v) is 10.3. The number of nitrogens with one attached hydrogen (secondary N) is 1. The molecule has 0 aliphatic carbocycles. The van der Waals surface area contributed by atoms with Gasteiger partial charge in [0.05, 0.1) is 13.7 Å². The number of anilines is 1. The van der Waals surface area contributed by atoms with Crippen molar-refractivity contribution in [3.8, 4) is 5.75 Å². The average Bonchev–Trinajstić information content (AvgIpc) is 2.75. The van der Waals surface area contributed by atoms with Crippen LogP contribution in [-0.4, -0.2) is 37.3 Å². The topological polar surface area (TPSA) is 88.6 Å². The van der Waals surface area contributed by atoms with E-state index in [2.05, 4.69) is 10.3 Å². The molecule has 7 nitrogen and oxygen atoms in total. The predicted molar refractivity (Wildman–Crippen MR) is 110 cm³/mol. The molecule has 1 aromatic heterocycles. The zero-order chi connectivity index (χ0) is 20.7. The average molecular weight is 411 g/mol. The van der Waals surface area contributed by atoms with Crippen molar-refractivity contribution in [1.82, 2.24) is 9.29 Å². The summed E-state index contributed by atoms with van der Waals surface area (Å²) in [6, 6.07) is 18.9. The van der Waals surface area contributed by atoms with Gasteiger partial charge in [-0.25, -0.2) is 8.42 Å². The van der Waals surface area contributed by atoms with E-state index in [9.17, 15) is 13.2 Å². The zero-order valence-corrected chi connectivity index (χ0v) is 16.7. The molecule has 0 radical (unpaired) electrons. The van der Waals surface area contributed by atoms with Gasteiger partial charge in [0.2, 0.25) is 15.9 Å². The SMILES string of the molecule is COc1ccc(CN(CC(=O)Nc2ccccc2)S(=O)(=O)c2cccnc2)cc1. The molecule has 1 amide bonds. The third-order valence-corrected chi connectivity index (χ3v) is 5.94. The number of aromatic nitrogens is 1. The number of nitrogens with zero attached hydrogens (tertiary/aromatic N) is 2. The standard InChI is InChI=1S/C21H21N3O4S/c1-28-19-11-9-17(10-12-19)15-24(29(26,27)20-8-5-13-22-14-20)16-21(25)23-18-6-3-2-4-7-18/h2-14H,15-16H2,1H3,(H,23,25). The minimum Gasteiger partial charge on any atom is -0.497 e. The summed E-state index contributed by atoms with van der Waals surface area (Å²) >= 11 is 0. The number of rotatable bonds is 8. The van der Waals surface area contributed by atoms with Crippen LogP contribution in [0, 0.1) is 0 Å². The lowest BCUT2D eigenvalue weighted by molar-refractivity contribution is -0.116. The number of carbonyl (C=O) groups is 1. The number of carbonyl (C=O) groups excluding carboxylic acids is 1. The minimum atomic E-state index is -3.92. The minimum absolute atomic E-state index is 0.0287. The fraction of sp³-hybridized carbons (Fsp3) is 0.143. The van der Waals surface area contributed by atoms with Crippen LogP contribution >= 0.6 is 0 Å². The second kappa shape index (κ2) is 9.31. The summed E-state index contributed by atoms with van der Waals surface area (Å²) in [4.78, 5) is 16.5. The second-order valence-electron chi connectivity index (χ2n) is 6.22. The summed E-state index contributed by atoms with van der Waals surface area (Å²) in [7, 11) is -2.37. The summed E-state index contributed by atoms with van der Waals surface area (Å²) in [5.41, 5.74) is 1.33. The van der Waals surface area contributed by atoms with Crippen LogP contribution in [0.1, 0.15) is 5.56 Å². The van der Waals surface area contributed by atoms with Gasteiger partial charge < -0.3 is 10.1 Å². The van der Waals surface area contributed by atoms with E-state index >= 15 is 0 Å². The first-order valence-electron chi connectivity index (χ1n) is 8.87. The number of methoxy groups -OCH3 is 1. The summed E-state index contributed by atoms with van der Waals surface area (Å²) in [6.45, 7) is -0.304. The number of pyridine rings is 1. The first kappa shape index (κ1) is 20.5. The summed E-state index contributed by atoms with van der Waals surface area (Å²) < 4.78 is 32.5. The highest BCUT2D eigenvalue weighted by atomic mass is 32.2. The molecule has 3 rings (SSSR count). The Morgan fingerprint density at radius 1 is 1.03 bits per heavy atom. The van der Waals surface area contributed by atoms with Crippen molar-refractivity contribution in [2.75, 3.05) is 19.0 Å². The van der Waals surface area contributed by atoms with Gasteiger partial charge >= 0.3 is 0 Å². The Morgan fingerprint density at radius 3 is 2.38 bits per heavy atom. The second-order valence-corrected chi connectivity index (χ2v) is 8.16. The molecule has 8 heteroatoms. The van der Waals surface area contributed by atoms with Crippen LogP contribution in [0.4, 0.5) is 5.69 Å². The van der Waals surface area contributed by atoms with Crippen molar-refractivity contribution in [3.05, 3.63) is 84.7 Å². The first-order chi connectivity index (χ1) is 14.0. The van der Waals surface area contributed by atoms with Gasteiger partial charge in [-0.05, 0) is 42.0 Å². The van der Waals surface area contributed by atoms with Crippen LogP contribution in [0.5, 0.6) is 5.75 Å². The van der Waals surface area contributed by atoms with Gasteiger partial charge in [0.25, 0.3) is 0 Å². The Kier molecular flexibility index (Phi) is 6.58. The van der Waals surface area contributed by atoms with Crippen molar-refractivity contribution < 1.29 is 17.9 Å². The summed E-state index contributed by atoms with van der Waals surface area (Å²) in [5.74, 6) is 0.231. The molecule has 150 valence electrons. The van der Waals surface area contributed by atoms with Crippen LogP contribution in [0.2, 0.25) is 0 Å². The van der Waals surface area contributed by atoms with E-state index < -0.39 is 15.9 Å². The molecular formula is C21H21N3O4S. The number of hydrogen-bond acceptors (Lipinski definition) is 5. The highest BCUT2D eigenvalue weighted by Gasteiger charge is 2.27. The molecule has 2 aromatic carbocycles. The van der Waals surface area contributed by atoms with Crippen molar-refractivity contribution in [2.45, 2.75) is 11.4 Å². The van der Waals surface area contributed by atoms with Crippen molar-refractivity contribution in [2.24, 2.45) is 0 Å². The van der Waals surface area contributed by atoms with Gasteiger partial charge in [-0.1, -0.05) is 30.3 Å². The van der Waals surface area contributed by atoms with E-state index in [1.165, 1.54) is 18.5 Å². The lowest BCUT2D eigenvalue weighted by Crippen LogP contribution is -2.37. The lowest BCUT2D eigenvalue weighted by atomic mass is 10.2. The largest absolute Gasteiger partial charge is 0.497 e. The molecule has 0 aliphatic heterocycles. The van der Waals surface area contributed by atoms with E-state index in [0.29, 0.717) is 11.4 Å². The molecule has 1 heterocycles. The highest BCUT2D eigenvalue weighted by molar-refractivity contribution is 7.89. The fourth-order valence-corrected chi connectivity index (χ4v) is 4.04. The maximum atomic E-state index is 13.1. The predicted octanol–water partition coefficient (Wildman–Crippen LogP) is 2.92. The van der Waals surface area contributed by atoms with Gasteiger partial charge in [-0.15, -0.1) is 0 Å². The molecule has 0 saturated heterocycles. The molecule has 1 N–H and O–H groups in total. The number of amides is 1. The molecule has 0 spiro atoms.